The van der Waals surface area contributed by atoms with Gasteiger partial charge in [0.15, 0.2) is 0 Å². The summed E-state index contributed by atoms with van der Waals surface area (Å²) in [7, 11) is 0. The molecule has 0 N–H and O–H groups in total. The minimum absolute atomic E-state index is 0.156. The number of hydrogen-bond acceptors (Lipinski definition) is 3. The highest BCUT2D eigenvalue weighted by Gasteiger charge is 2.52. The van der Waals surface area contributed by atoms with Crippen molar-refractivity contribution in [1.29, 1.82) is 0 Å². The van der Waals surface area contributed by atoms with Crippen LogP contribution in [-0.2, 0) is 27.5 Å². The third-order valence-electron chi connectivity index (χ3n) is 6.38. The molecule has 0 aliphatic heterocycles. The van der Waals surface area contributed by atoms with Gasteiger partial charge in [0.2, 0.25) is 0 Å². The molecule has 1 saturated carbocycles. The van der Waals surface area contributed by atoms with Gasteiger partial charge in [0.05, 0.1) is 26.4 Å². The summed E-state index contributed by atoms with van der Waals surface area (Å²) in [4.78, 5) is 12.7. The summed E-state index contributed by atoms with van der Waals surface area (Å²) in [5.74, 6) is 1.07. The van der Waals surface area contributed by atoms with E-state index in [1.165, 1.54) is 5.56 Å². The third-order valence-corrected chi connectivity index (χ3v) is 6.38. The molecule has 2 bridgehead atoms. The molecule has 146 valence electrons. The average Bonchev–Trinajstić information content (AvgIpc) is 2.72. The Morgan fingerprint density at radius 3 is 2.04 bits per heavy atom. The van der Waals surface area contributed by atoms with Crippen molar-refractivity contribution in [3.63, 3.8) is 0 Å². The molecular formula is C25H28O3. The van der Waals surface area contributed by atoms with E-state index in [1.54, 1.807) is 0 Å². The smallest absolute Gasteiger partial charge is 0.143 e. The molecule has 0 saturated heterocycles. The highest BCUT2D eigenvalue weighted by molar-refractivity contribution is 5.89. The lowest BCUT2D eigenvalue weighted by Gasteiger charge is -2.50. The van der Waals surface area contributed by atoms with Crippen LogP contribution < -0.4 is 0 Å². The molecule has 3 aliphatic carbocycles. The fourth-order valence-corrected chi connectivity index (χ4v) is 4.59. The fraction of sp³-hybridized carbons (Fsp3) is 0.400. The Bertz CT molecular complexity index is 814. The van der Waals surface area contributed by atoms with Gasteiger partial charge in [0.25, 0.3) is 0 Å². The molecule has 3 aliphatic rings. The molecule has 0 unspecified atom stereocenters. The van der Waals surface area contributed by atoms with Gasteiger partial charge in [-0.2, -0.15) is 0 Å². The van der Waals surface area contributed by atoms with E-state index in [1.807, 2.05) is 36.4 Å². The van der Waals surface area contributed by atoms with Gasteiger partial charge in [-0.3, -0.25) is 4.79 Å². The van der Waals surface area contributed by atoms with Gasteiger partial charge in [-0.15, -0.1) is 0 Å². The van der Waals surface area contributed by atoms with Gasteiger partial charge >= 0.3 is 0 Å². The Morgan fingerprint density at radius 1 is 0.893 bits per heavy atom. The van der Waals surface area contributed by atoms with E-state index in [0.717, 1.165) is 5.56 Å². The third kappa shape index (κ3) is 3.96. The van der Waals surface area contributed by atoms with Crippen LogP contribution in [0.4, 0.5) is 0 Å². The summed E-state index contributed by atoms with van der Waals surface area (Å²) in [6.07, 6.45) is 4.97. The van der Waals surface area contributed by atoms with Crippen LogP contribution in [0.25, 0.3) is 0 Å². The molecule has 1 fully saturated rings. The van der Waals surface area contributed by atoms with E-state index in [0.29, 0.717) is 44.5 Å². The molecule has 0 radical (unpaired) electrons. The molecule has 3 nitrogen and oxygen atoms in total. The maximum absolute atomic E-state index is 12.7. The Morgan fingerprint density at radius 2 is 1.46 bits per heavy atom. The van der Waals surface area contributed by atoms with Crippen LogP contribution in [0.5, 0.6) is 0 Å². The Labute approximate surface area is 167 Å². The molecular weight excluding hydrogens is 348 g/mol. The van der Waals surface area contributed by atoms with Crippen molar-refractivity contribution in [1.82, 2.24) is 0 Å². The SMILES string of the molecule is C[C@]12C=C[C@H](CC1=O)[C@@H](COCc1ccccc1)[C@H]2COCc1ccccc1. The summed E-state index contributed by atoms with van der Waals surface area (Å²) in [6.45, 7) is 4.50. The lowest BCUT2D eigenvalue weighted by atomic mass is 9.54. The zero-order valence-electron chi connectivity index (χ0n) is 16.4. The number of rotatable bonds is 8. The molecule has 0 amide bonds. The predicted octanol–water partition coefficient (Wildman–Crippen LogP) is 4.82. The van der Waals surface area contributed by atoms with Crippen LogP contribution in [0.3, 0.4) is 0 Å². The predicted molar refractivity (Wildman–Crippen MR) is 110 cm³/mol. The molecule has 0 aromatic heterocycles. The second kappa shape index (κ2) is 8.42. The Balaban J connectivity index is 1.41. The van der Waals surface area contributed by atoms with E-state index in [-0.39, 0.29) is 11.8 Å². The van der Waals surface area contributed by atoms with E-state index in [4.69, 9.17) is 9.47 Å². The monoisotopic (exact) mass is 376 g/mol. The normalized spacial score (nSPS) is 28.6. The number of carbonyl (C=O) groups excluding carboxylic acids is 1. The van der Waals surface area contributed by atoms with Crippen LogP contribution in [0.2, 0.25) is 0 Å². The van der Waals surface area contributed by atoms with Crippen molar-refractivity contribution >= 4 is 5.78 Å². The summed E-state index contributed by atoms with van der Waals surface area (Å²) in [5.41, 5.74) is 1.90. The first-order chi connectivity index (χ1) is 13.7. The first-order valence-corrected chi connectivity index (χ1v) is 10.1. The fourth-order valence-electron chi connectivity index (χ4n) is 4.59. The molecule has 2 aromatic carbocycles. The van der Waals surface area contributed by atoms with Crippen molar-refractivity contribution in [2.75, 3.05) is 13.2 Å². The lowest BCUT2D eigenvalue weighted by Crippen LogP contribution is -2.52. The maximum atomic E-state index is 12.7. The topological polar surface area (TPSA) is 35.5 Å². The zero-order chi connectivity index (χ0) is 19.4. The second-order valence-electron chi connectivity index (χ2n) is 8.20. The molecule has 0 heterocycles. The molecule has 0 spiro atoms. The molecule has 28 heavy (non-hydrogen) atoms. The van der Waals surface area contributed by atoms with E-state index in [2.05, 4.69) is 43.3 Å². The largest absolute Gasteiger partial charge is 0.376 e. The van der Waals surface area contributed by atoms with Crippen molar-refractivity contribution in [2.45, 2.75) is 26.6 Å². The number of fused-ring (bicyclic) bond motifs is 2. The first-order valence-electron chi connectivity index (χ1n) is 10.1. The quantitative estimate of drug-likeness (QED) is 0.620. The molecule has 4 atom stereocenters. The first kappa shape index (κ1) is 19.1. The van der Waals surface area contributed by atoms with Gasteiger partial charge in [-0.05, 0) is 29.9 Å². The van der Waals surface area contributed by atoms with Crippen molar-refractivity contribution in [3.8, 4) is 0 Å². The van der Waals surface area contributed by atoms with Gasteiger partial charge in [0.1, 0.15) is 5.78 Å². The zero-order valence-corrected chi connectivity index (χ0v) is 16.4. The van der Waals surface area contributed by atoms with Gasteiger partial charge < -0.3 is 9.47 Å². The summed E-state index contributed by atoms with van der Waals surface area (Å²) < 4.78 is 12.2. The lowest BCUT2D eigenvalue weighted by molar-refractivity contribution is -0.142. The van der Waals surface area contributed by atoms with Crippen LogP contribution >= 0.6 is 0 Å². The molecule has 3 heteroatoms. The maximum Gasteiger partial charge on any atom is 0.143 e. The van der Waals surface area contributed by atoms with Crippen molar-refractivity contribution in [3.05, 3.63) is 83.9 Å². The number of hydrogen-bond donors (Lipinski definition) is 0. The van der Waals surface area contributed by atoms with Gasteiger partial charge in [-0.1, -0.05) is 72.8 Å². The van der Waals surface area contributed by atoms with Crippen LogP contribution in [0.1, 0.15) is 24.5 Å². The highest BCUT2D eigenvalue weighted by Crippen LogP contribution is 2.50. The standard InChI is InChI=1S/C25H28O3/c1-25-13-12-21(14-24(25)26)22(17-27-15-19-8-4-2-5-9-19)23(25)18-28-16-20-10-6-3-7-11-20/h2-13,21-23H,14-18H2,1H3/t21-,22-,23-,25-/m1/s1. The van der Waals surface area contributed by atoms with E-state index >= 15 is 0 Å². The molecule has 2 aromatic rings. The van der Waals surface area contributed by atoms with Crippen molar-refractivity contribution in [2.24, 2.45) is 23.2 Å². The van der Waals surface area contributed by atoms with Crippen LogP contribution in [0.15, 0.2) is 72.8 Å². The Hall–Kier alpha value is -2.23. The number of benzene rings is 2. The number of Topliss-reactive ketones (excluding diaryl/α,β-unsaturated/α-hetero) is 1. The molecule has 5 rings (SSSR count). The number of allylic oxidation sites excluding steroid dienone is 2. The minimum atomic E-state index is -0.438. The Kier molecular flexibility index (Phi) is 5.74. The highest BCUT2D eigenvalue weighted by atomic mass is 16.5. The van der Waals surface area contributed by atoms with Crippen molar-refractivity contribution < 1.29 is 14.3 Å². The van der Waals surface area contributed by atoms with Gasteiger partial charge in [-0.25, -0.2) is 0 Å². The van der Waals surface area contributed by atoms with Crippen LogP contribution in [-0.4, -0.2) is 19.0 Å². The minimum Gasteiger partial charge on any atom is -0.376 e. The second-order valence-corrected chi connectivity index (χ2v) is 8.20. The summed E-state index contributed by atoms with van der Waals surface area (Å²) in [5, 5.41) is 0. The van der Waals surface area contributed by atoms with E-state index in [9.17, 15) is 4.79 Å². The average molecular weight is 376 g/mol. The van der Waals surface area contributed by atoms with Gasteiger partial charge in [0, 0.05) is 17.8 Å². The summed E-state index contributed by atoms with van der Waals surface area (Å²) >= 11 is 0. The summed E-state index contributed by atoms with van der Waals surface area (Å²) in [6, 6.07) is 20.4. The van der Waals surface area contributed by atoms with E-state index < -0.39 is 5.41 Å². The number of carbonyl (C=O) groups is 1. The van der Waals surface area contributed by atoms with Crippen LogP contribution in [0, 0.1) is 23.2 Å². The number of ketones is 1. The number of ether oxygens (including phenoxy) is 2.